The van der Waals surface area contributed by atoms with Crippen molar-refractivity contribution < 1.29 is 18.0 Å². The molecule has 0 spiro atoms. The molecule has 1 amide bonds. The van der Waals surface area contributed by atoms with Gasteiger partial charge in [-0.25, -0.2) is 9.97 Å². The predicted octanol–water partition coefficient (Wildman–Crippen LogP) is 5.15. The Labute approximate surface area is 175 Å². The van der Waals surface area contributed by atoms with Gasteiger partial charge in [-0.2, -0.15) is 18.4 Å². The maximum absolute atomic E-state index is 13.3. The third-order valence-corrected chi connectivity index (χ3v) is 4.96. The minimum Gasteiger partial charge on any atom is -0.325 e. The number of amides is 1. The van der Waals surface area contributed by atoms with Crippen LogP contribution in [-0.2, 0) is 11.0 Å². The summed E-state index contributed by atoms with van der Waals surface area (Å²) in [5.41, 5.74) is 0.489. The first kappa shape index (κ1) is 21.3. The summed E-state index contributed by atoms with van der Waals surface area (Å²) in [7, 11) is 0. The summed E-state index contributed by atoms with van der Waals surface area (Å²) in [6, 6.07) is 17.6. The second-order valence-electron chi connectivity index (χ2n) is 6.22. The first-order chi connectivity index (χ1) is 14.3. The summed E-state index contributed by atoms with van der Waals surface area (Å²) in [4.78, 5) is 20.2. The second kappa shape index (κ2) is 8.97. The maximum Gasteiger partial charge on any atom is 0.433 e. The fourth-order valence-electron chi connectivity index (χ4n) is 2.46. The first-order valence-electron chi connectivity index (χ1n) is 8.75. The summed E-state index contributed by atoms with van der Waals surface area (Å²) in [6.07, 6.45) is -4.64. The molecule has 0 radical (unpaired) electrons. The summed E-state index contributed by atoms with van der Waals surface area (Å²) in [5, 5.41) is 10.6. The van der Waals surface area contributed by atoms with Crippen LogP contribution in [0.4, 0.5) is 18.9 Å². The molecule has 0 saturated heterocycles. The Hall–Kier alpha value is -3.38. The molecule has 152 valence electrons. The van der Waals surface area contributed by atoms with Gasteiger partial charge in [-0.1, -0.05) is 42.1 Å². The van der Waals surface area contributed by atoms with Gasteiger partial charge in [0.05, 0.1) is 22.6 Å². The summed E-state index contributed by atoms with van der Waals surface area (Å²) in [5.74, 6) is -0.424. The number of rotatable bonds is 5. The van der Waals surface area contributed by atoms with Crippen molar-refractivity contribution in [2.45, 2.75) is 23.5 Å². The number of carbonyl (C=O) groups excluding carboxylic acids is 1. The van der Waals surface area contributed by atoms with Crippen LogP contribution in [0.2, 0.25) is 0 Å². The fourth-order valence-corrected chi connectivity index (χ4v) is 3.25. The Balaban J connectivity index is 1.81. The lowest BCUT2D eigenvalue weighted by Crippen LogP contribution is -2.23. The van der Waals surface area contributed by atoms with Gasteiger partial charge in [0.2, 0.25) is 5.91 Å². The third-order valence-electron chi connectivity index (χ3n) is 4.00. The Morgan fingerprint density at radius 1 is 1.10 bits per heavy atom. The predicted molar refractivity (Wildman–Crippen MR) is 108 cm³/mol. The number of nitrogens with one attached hydrogen (secondary N) is 1. The van der Waals surface area contributed by atoms with Crippen molar-refractivity contribution in [2.75, 3.05) is 5.32 Å². The highest BCUT2D eigenvalue weighted by Crippen LogP contribution is 2.33. The lowest BCUT2D eigenvalue weighted by molar-refractivity contribution is -0.141. The van der Waals surface area contributed by atoms with Crippen LogP contribution in [0, 0.1) is 11.3 Å². The number of hydrogen-bond acceptors (Lipinski definition) is 5. The minimum absolute atomic E-state index is 0.125. The highest BCUT2D eigenvalue weighted by atomic mass is 32.2. The van der Waals surface area contributed by atoms with Gasteiger partial charge in [0.15, 0.2) is 5.16 Å². The number of hydrogen-bond donors (Lipinski definition) is 1. The van der Waals surface area contributed by atoms with Gasteiger partial charge in [-0.3, -0.25) is 4.79 Å². The van der Waals surface area contributed by atoms with E-state index in [-0.39, 0.29) is 10.9 Å². The van der Waals surface area contributed by atoms with Crippen molar-refractivity contribution in [3.05, 3.63) is 71.9 Å². The molecule has 0 bridgehead atoms. The second-order valence-corrected chi connectivity index (χ2v) is 7.53. The van der Waals surface area contributed by atoms with Gasteiger partial charge in [0.1, 0.15) is 5.69 Å². The standard InChI is InChI=1S/C21H15F3N4OS/c1-13(19(29)26-16-9-7-14(12-25)8-10-16)30-20-27-17(15-5-3-2-4-6-15)11-18(28-20)21(22,23)24/h2-11,13H,1H3,(H,26,29)/t13-/m0/s1. The first-order valence-corrected chi connectivity index (χ1v) is 9.63. The van der Waals surface area contributed by atoms with E-state index in [1.54, 1.807) is 61.5 Å². The van der Waals surface area contributed by atoms with E-state index in [4.69, 9.17) is 5.26 Å². The molecule has 0 unspecified atom stereocenters. The van der Waals surface area contributed by atoms with Crippen LogP contribution < -0.4 is 5.32 Å². The van der Waals surface area contributed by atoms with Crippen molar-refractivity contribution in [3.8, 4) is 17.3 Å². The van der Waals surface area contributed by atoms with E-state index in [0.717, 1.165) is 17.8 Å². The van der Waals surface area contributed by atoms with Crippen LogP contribution in [0.5, 0.6) is 0 Å². The van der Waals surface area contributed by atoms with Crippen molar-refractivity contribution in [2.24, 2.45) is 0 Å². The molecule has 1 N–H and O–H groups in total. The smallest absolute Gasteiger partial charge is 0.325 e. The zero-order valence-electron chi connectivity index (χ0n) is 15.6. The maximum atomic E-state index is 13.3. The number of carbonyl (C=O) groups is 1. The molecule has 3 aromatic rings. The quantitative estimate of drug-likeness (QED) is 0.449. The molecule has 0 saturated carbocycles. The topological polar surface area (TPSA) is 78.7 Å². The highest BCUT2D eigenvalue weighted by molar-refractivity contribution is 8.00. The van der Waals surface area contributed by atoms with E-state index in [1.165, 1.54) is 0 Å². The van der Waals surface area contributed by atoms with Crippen molar-refractivity contribution in [1.82, 2.24) is 9.97 Å². The number of alkyl halides is 3. The number of anilines is 1. The third kappa shape index (κ3) is 5.36. The van der Waals surface area contributed by atoms with E-state index in [1.807, 2.05) is 6.07 Å². The number of halogens is 3. The van der Waals surface area contributed by atoms with Crippen molar-refractivity contribution in [1.29, 1.82) is 5.26 Å². The van der Waals surface area contributed by atoms with E-state index in [9.17, 15) is 18.0 Å². The Morgan fingerprint density at radius 2 is 1.77 bits per heavy atom. The Bertz CT molecular complexity index is 1080. The highest BCUT2D eigenvalue weighted by Gasteiger charge is 2.34. The summed E-state index contributed by atoms with van der Waals surface area (Å²) >= 11 is 0.831. The molecular formula is C21H15F3N4OS. The average Bonchev–Trinajstić information content (AvgIpc) is 2.74. The zero-order valence-corrected chi connectivity index (χ0v) is 16.5. The van der Waals surface area contributed by atoms with Gasteiger partial charge < -0.3 is 5.32 Å². The van der Waals surface area contributed by atoms with Crippen molar-refractivity contribution >= 4 is 23.4 Å². The number of thioether (sulfide) groups is 1. The van der Waals surface area contributed by atoms with Gasteiger partial charge in [-0.15, -0.1) is 0 Å². The van der Waals surface area contributed by atoms with Gasteiger partial charge in [0.25, 0.3) is 0 Å². The number of nitriles is 1. The molecular weight excluding hydrogens is 413 g/mol. The molecule has 3 rings (SSSR count). The lowest BCUT2D eigenvalue weighted by atomic mass is 10.1. The Kier molecular flexibility index (Phi) is 6.37. The lowest BCUT2D eigenvalue weighted by Gasteiger charge is -2.14. The van der Waals surface area contributed by atoms with Crippen LogP contribution in [0.1, 0.15) is 18.2 Å². The average molecular weight is 428 g/mol. The summed E-state index contributed by atoms with van der Waals surface area (Å²) < 4.78 is 39.9. The number of aromatic nitrogens is 2. The molecule has 0 aliphatic heterocycles. The van der Waals surface area contributed by atoms with Crippen LogP contribution in [0.3, 0.4) is 0 Å². The molecule has 1 atom stereocenters. The molecule has 1 aromatic heterocycles. The molecule has 0 fully saturated rings. The largest absolute Gasteiger partial charge is 0.433 e. The van der Waals surface area contributed by atoms with Crippen LogP contribution in [-0.4, -0.2) is 21.1 Å². The fraction of sp³-hybridized carbons (Fsp3) is 0.143. The molecule has 1 heterocycles. The van der Waals surface area contributed by atoms with E-state index in [0.29, 0.717) is 16.8 Å². The van der Waals surface area contributed by atoms with Crippen LogP contribution >= 0.6 is 11.8 Å². The van der Waals surface area contributed by atoms with E-state index < -0.39 is 23.0 Å². The van der Waals surface area contributed by atoms with Crippen LogP contribution in [0.15, 0.2) is 65.8 Å². The normalized spacial score (nSPS) is 12.1. The minimum atomic E-state index is -4.64. The SMILES string of the molecule is C[C@H](Sc1nc(-c2ccccc2)cc(C(F)(F)F)n1)C(=O)Nc1ccc(C#N)cc1. The monoisotopic (exact) mass is 428 g/mol. The van der Waals surface area contributed by atoms with Crippen LogP contribution in [0.25, 0.3) is 11.3 Å². The summed E-state index contributed by atoms with van der Waals surface area (Å²) in [6.45, 7) is 1.55. The molecule has 2 aromatic carbocycles. The molecule has 30 heavy (non-hydrogen) atoms. The molecule has 5 nitrogen and oxygen atoms in total. The zero-order chi connectivity index (χ0) is 21.7. The van der Waals surface area contributed by atoms with E-state index >= 15 is 0 Å². The molecule has 9 heteroatoms. The number of nitrogens with zero attached hydrogens (tertiary/aromatic N) is 3. The van der Waals surface area contributed by atoms with Gasteiger partial charge in [0, 0.05) is 11.3 Å². The Morgan fingerprint density at radius 3 is 2.37 bits per heavy atom. The van der Waals surface area contributed by atoms with Gasteiger partial charge in [-0.05, 0) is 37.3 Å². The van der Waals surface area contributed by atoms with E-state index in [2.05, 4.69) is 15.3 Å². The molecule has 0 aliphatic rings. The molecule has 0 aliphatic carbocycles. The van der Waals surface area contributed by atoms with Gasteiger partial charge >= 0.3 is 6.18 Å². The number of benzene rings is 2. The van der Waals surface area contributed by atoms with Crippen molar-refractivity contribution in [3.63, 3.8) is 0 Å².